The van der Waals surface area contributed by atoms with Crippen LogP contribution in [0.25, 0.3) is 0 Å². The Hall–Kier alpha value is -2.58. The fraction of sp³-hybridized carbons (Fsp3) is 0.143. The summed E-state index contributed by atoms with van der Waals surface area (Å²) in [5.74, 6) is 0.811. The number of rotatable bonds is 2. The van der Waals surface area contributed by atoms with Crippen molar-refractivity contribution in [3.63, 3.8) is 0 Å². The Morgan fingerprint density at radius 1 is 1.07 bits per heavy atom. The van der Waals surface area contributed by atoms with E-state index in [0.29, 0.717) is 30.0 Å². The Morgan fingerprint density at radius 2 is 1.83 bits per heavy atom. The molecule has 144 valence electrons. The Kier molecular flexibility index (Phi) is 4.29. The van der Waals surface area contributed by atoms with Gasteiger partial charge in [0.05, 0.1) is 5.41 Å². The molecule has 0 radical (unpaired) electrons. The number of nitrogens with zero attached hydrogens (tertiary/aromatic N) is 2. The summed E-state index contributed by atoms with van der Waals surface area (Å²) < 4.78 is 1.61. The van der Waals surface area contributed by atoms with Gasteiger partial charge in [-0.2, -0.15) is 0 Å². The van der Waals surface area contributed by atoms with Crippen molar-refractivity contribution in [2.45, 2.75) is 18.3 Å². The van der Waals surface area contributed by atoms with E-state index in [-0.39, 0.29) is 11.8 Å². The van der Waals surface area contributed by atoms with Crippen LogP contribution < -0.4 is 10.6 Å². The predicted molar refractivity (Wildman–Crippen MR) is 116 cm³/mol. The summed E-state index contributed by atoms with van der Waals surface area (Å²) >= 11 is 6.78. The van der Waals surface area contributed by atoms with Crippen molar-refractivity contribution >= 4 is 55.3 Å². The van der Waals surface area contributed by atoms with Gasteiger partial charge < -0.3 is 10.6 Å². The second-order valence-corrected chi connectivity index (χ2v) is 9.07. The Morgan fingerprint density at radius 3 is 2.62 bits per heavy atom. The molecule has 3 heterocycles. The van der Waals surface area contributed by atoms with E-state index < -0.39 is 5.41 Å². The molecule has 1 aliphatic carbocycles. The molecule has 29 heavy (non-hydrogen) atoms. The van der Waals surface area contributed by atoms with Crippen molar-refractivity contribution in [2.75, 3.05) is 10.6 Å². The van der Waals surface area contributed by atoms with E-state index in [9.17, 15) is 9.59 Å². The highest BCUT2D eigenvalue weighted by Gasteiger charge is 2.51. The smallest absolute Gasteiger partial charge is 0.256 e. The van der Waals surface area contributed by atoms with Gasteiger partial charge in [0.1, 0.15) is 11.6 Å². The molecule has 2 aromatic heterocycles. The average Bonchev–Trinajstić information content (AvgIpc) is 3.19. The molecule has 2 aliphatic rings. The van der Waals surface area contributed by atoms with Crippen LogP contribution in [0.15, 0.2) is 57.7 Å². The highest BCUT2D eigenvalue weighted by atomic mass is 79.9. The maximum atomic E-state index is 12.8. The lowest BCUT2D eigenvalue weighted by molar-refractivity contribution is -0.120. The van der Waals surface area contributed by atoms with E-state index in [1.807, 2.05) is 24.3 Å². The maximum Gasteiger partial charge on any atom is 0.256 e. The number of carbonyl (C=O) groups excluding carboxylic acids is 2. The molecule has 0 bridgehead atoms. The van der Waals surface area contributed by atoms with Gasteiger partial charge in [-0.05, 0) is 54.3 Å². The van der Waals surface area contributed by atoms with Crippen molar-refractivity contribution in [3.8, 4) is 0 Å². The lowest BCUT2D eigenvalue weighted by Gasteiger charge is -2.20. The SMILES string of the molecule is O=C(Nc1cc2c(cn1)CC1(C2)C(=O)Nc2ncccc21)c1cc(Br)cc(Br)c1. The molecular formula is C21H14Br2N4O2. The third-order valence-electron chi connectivity index (χ3n) is 5.42. The molecule has 5 rings (SSSR count). The van der Waals surface area contributed by atoms with Crippen LogP contribution in [0.1, 0.15) is 27.0 Å². The van der Waals surface area contributed by atoms with Crippen LogP contribution in [0.4, 0.5) is 11.6 Å². The number of nitrogens with one attached hydrogen (secondary N) is 2. The molecule has 0 saturated carbocycles. The second-order valence-electron chi connectivity index (χ2n) is 7.24. The molecule has 1 aromatic carbocycles. The van der Waals surface area contributed by atoms with Gasteiger partial charge in [0.25, 0.3) is 5.91 Å². The molecule has 1 aliphatic heterocycles. The third kappa shape index (κ3) is 3.07. The van der Waals surface area contributed by atoms with E-state index in [2.05, 4.69) is 52.5 Å². The molecule has 2 N–H and O–H groups in total. The van der Waals surface area contributed by atoms with Crippen LogP contribution in [-0.4, -0.2) is 21.8 Å². The zero-order valence-corrected chi connectivity index (χ0v) is 18.2. The first-order valence-electron chi connectivity index (χ1n) is 8.97. The van der Waals surface area contributed by atoms with E-state index in [1.54, 1.807) is 24.5 Å². The van der Waals surface area contributed by atoms with Crippen LogP contribution in [0.2, 0.25) is 0 Å². The zero-order chi connectivity index (χ0) is 20.2. The van der Waals surface area contributed by atoms with Crippen LogP contribution >= 0.6 is 31.9 Å². The average molecular weight is 514 g/mol. The minimum atomic E-state index is -0.647. The summed E-state index contributed by atoms with van der Waals surface area (Å²) in [5.41, 5.74) is 2.81. The molecule has 3 aromatic rings. The normalized spacial score (nSPS) is 19.0. The standard InChI is InChI=1S/C21H14Br2N4O2/c22-14-4-11(5-15(23)7-14)19(28)26-17-6-12-8-21(9-13(12)10-25-17)16-2-1-3-24-18(16)27-20(21)29/h1-7,10H,8-9H2,(H,24,27,29)(H,25,26,28). The number of carbonyl (C=O) groups is 2. The molecule has 2 amide bonds. The maximum absolute atomic E-state index is 12.8. The molecule has 1 unspecified atom stereocenters. The molecule has 1 atom stereocenters. The van der Waals surface area contributed by atoms with E-state index in [0.717, 1.165) is 25.6 Å². The molecular weight excluding hydrogens is 500 g/mol. The number of halogens is 2. The van der Waals surface area contributed by atoms with Crippen LogP contribution in [0, 0.1) is 0 Å². The summed E-state index contributed by atoms with van der Waals surface area (Å²) in [6.45, 7) is 0. The van der Waals surface area contributed by atoms with Gasteiger partial charge in [0.2, 0.25) is 5.91 Å². The molecule has 8 heteroatoms. The topological polar surface area (TPSA) is 84.0 Å². The van der Waals surface area contributed by atoms with Crippen molar-refractivity contribution in [1.29, 1.82) is 0 Å². The van der Waals surface area contributed by atoms with Crippen molar-refractivity contribution < 1.29 is 9.59 Å². The Labute approximate surface area is 183 Å². The molecule has 6 nitrogen and oxygen atoms in total. The fourth-order valence-electron chi connectivity index (χ4n) is 4.10. The van der Waals surface area contributed by atoms with Gasteiger partial charge >= 0.3 is 0 Å². The third-order valence-corrected chi connectivity index (χ3v) is 6.34. The lowest BCUT2D eigenvalue weighted by atomic mass is 9.79. The van der Waals surface area contributed by atoms with E-state index in [4.69, 9.17) is 0 Å². The van der Waals surface area contributed by atoms with Crippen molar-refractivity contribution in [1.82, 2.24) is 9.97 Å². The number of hydrogen-bond acceptors (Lipinski definition) is 4. The summed E-state index contributed by atoms with van der Waals surface area (Å²) in [5, 5.41) is 5.74. The van der Waals surface area contributed by atoms with Crippen molar-refractivity contribution in [3.05, 3.63) is 80.0 Å². The quantitative estimate of drug-likeness (QED) is 0.536. The predicted octanol–water partition coefficient (Wildman–Crippen LogP) is 4.24. The first-order valence-corrected chi connectivity index (χ1v) is 10.6. The van der Waals surface area contributed by atoms with E-state index in [1.165, 1.54) is 0 Å². The Bertz CT molecular complexity index is 1180. The molecule has 1 spiro atoms. The number of amides is 2. The van der Waals surface area contributed by atoms with Crippen molar-refractivity contribution in [2.24, 2.45) is 0 Å². The van der Waals surface area contributed by atoms with Gasteiger partial charge in [0, 0.05) is 32.5 Å². The van der Waals surface area contributed by atoms with Crippen LogP contribution in [-0.2, 0) is 23.1 Å². The van der Waals surface area contributed by atoms with Gasteiger partial charge in [-0.3, -0.25) is 9.59 Å². The second kappa shape index (κ2) is 6.74. The number of hydrogen-bond donors (Lipinski definition) is 2. The summed E-state index contributed by atoms with van der Waals surface area (Å²) in [6.07, 6.45) is 4.56. The number of fused-ring (bicyclic) bond motifs is 3. The highest BCUT2D eigenvalue weighted by molar-refractivity contribution is 9.11. The number of pyridine rings is 2. The first-order chi connectivity index (χ1) is 13.9. The van der Waals surface area contributed by atoms with Crippen LogP contribution in [0.3, 0.4) is 0 Å². The fourth-order valence-corrected chi connectivity index (χ4v) is 5.39. The largest absolute Gasteiger partial charge is 0.310 e. The molecule has 0 fully saturated rings. The number of aromatic nitrogens is 2. The summed E-state index contributed by atoms with van der Waals surface area (Å²) in [4.78, 5) is 34.1. The summed E-state index contributed by atoms with van der Waals surface area (Å²) in [6, 6.07) is 11.0. The highest BCUT2D eigenvalue weighted by Crippen LogP contribution is 2.46. The van der Waals surface area contributed by atoms with E-state index >= 15 is 0 Å². The number of benzene rings is 1. The first kappa shape index (κ1) is 18.4. The minimum absolute atomic E-state index is 0.0352. The zero-order valence-electron chi connectivity index (χ0n) is 15.0. The van der Waals surface area contributed by atoms with Gasteiger partial charge in [-0.1, -0.05) is 37.9 Å². The van der Waals surface area contributed by atoms with Gasteiger partial charge in [-0.15, -0.1) is 0 Å². The number of anilines is 2. The van der Waals surface area contributed by atoms with Gasteiger partial charge in [0.15, 0.2) is 0 Å². The monoisotopic (exact) mass is 512 g/mol. The molecule has 0 saturated heterocycles. The minimum Gasteiger partial charge on any atom is -0.310 e. The van der Waals surface area contributed by atoms with Crippen LogP contribution in [0.5, 0.6) is 0 Å². The lowest BCUT2D eigenvalue weighted by Crippen LogP contribution is -2.35. The summed E-state index contributed by atoms with van der Waals surface area (Å²) in [7, 11) is 0. The van der Waals surface area contributed by atoms with Gasteiger partial charge in [-0.25, -0.2) is 9.97 Å². The Balaban J connectivity index is 1.43.